The van der Waals surface area contributed by atoms with Crippen molar-refractivity contribution in [3.63, 3.8) is 0 Å². The smallest absolute Gasteiger partial charge is 0.260 e. The zero-order chi connectivity index (χ0) is 25.9. The number of aromatic nitrogens is 2. The van der Waals surface area contributed by atoms with Crippen molar-refractivity contribution in [2.45, 2.75) is 26.4 Å². The Kier molecular flexibility index (Phi) is 7.06. The molecule has 5 rings (SSSR count). The van der Waals surface area contributed by atoms with Gasteiger partial charge in [0.2, 0.25) is 0 Å². The maximum atomic E-state index is 14.0. The summed E-state index contributed by atoms with van der Waals surface area (Å²) in [6.45, 7) is 7.01. The molecule has 2 aromatic carbocycles. The summed E-state index contributed by atoms with van der Waals surface area (Å²) in [5.74, 6) is -0.245. The van der Waals surface area contributed by atoms with Crippen molar-refractivity contribution in [3.8, 4) is 5.75 Å². The van der Waals surface area contributed by atoms with Crippen LogP contribution in [0.25, 0.3) is 0 Å². The highest BCUT2D eigenvalue weighted by Gasteiger charge is 2.31. The van der Waals surface area contributed by atoms with E-state index in [1.807, 2.05) is 56.3 Å². The van der Waals surface area contributed by atoms with Gasteiger partial charge in [0.25, 0.3) is 5.56 Å². The van der Waals surface area contributed by atoms with E-state index < -0.39 is 6.04 Å². The van der Waals surface area contributed by atoms with Crippen LogP contribution in [0.4, 0.5) is 10.1 Å². The number of piperazine rings is 1. The Balaban J connectivity index is 1.52. The van der Waals surface area contributed by atoms with Crippen molar-refractivity contribution < 1.29 is 9.50 Å². The molecule has 2 aromatic heterocycles. The topological polar surface area (TPSA) is 61.6 Å². The van der Waals surface area contributed by atoms with Crippen molar-refractivity contribution >= 4 is 5.69 Å². The lowest BCUT2D eigenvalue weighted by atomic mass is 9.95. The molecule has 0 bridgehead atoms. The second-order valence-electron chi connectivity index (χ2n) is 9.61. The van der Waals surface area contributed by atoms with E-state index >= 15 is 0 Å². The van der Waals surface area contributed by atoms with E-state index in [4.69, 9.17) is 0 Å². The van der Waals surface area contributed by atoms with Crippen LogP contribution in [-0.2, 0) is 6.54 Å². The van der Waals surface area contributed by atoms with Crippen molar-refractivity contribution in [3.05, 3.63) is 123 Å². The Morgan fingerprint density at radius 1 is 0.946 bits per heavy atom. The van der Waals surface area contributed by atoms with Crippen molar-refractivity contribution in [1.29, 1.82) is 0 Å². The highest BCUT2D eigenvalue weighted by Crippen LogP contribution is 2.34. The molecule has 1 atom stereocenters. The van der Waals surface area contributed by atoms with Gasteiger partial charge in [0, 0.05) is 43.8 Å². The van der Waals surface area contributed by atoms with Gasteiger partial charge < -0.3 is 14.6 Å². The summed E-state index contributed by atoms with van der Waals surface area (Å²) in [4.78, 5) is 22.8. The third-order valence-corrected chi connectivity index (χ3v) is 7.11. The summed E-state index contributed by atoms with van der Waals surface area (Å²) >= 11 is 0. The zero-order valence-corrected chi connectivity index (χ0v) is 21.1. The maximum absolute atomic E-state index is 14.0. The van der Waals surface area contributed by atoms with Crippen molar-refractivity contribution in [2.75, 3.05) is 31.1 Å². The summed E-state index contributed by atoms with van der Waals surface area (Å²) in [7, 11) is 0. The first-order valence-corrected chi connectivity index (χ1v) is 12.5. The number of halogens is 1. The van der Waals surface area contributed by atoms with E-state index in [9.17, 15) is 14.3 Å². The first kappa shape index (κ1) is 24.7. The fraction of sp³-hybridized carbons (Fsp3) is 0.267. The van der Waals surface area contributed by atoms with E-state index in [0.29, 0.717) is 30.9 Å². The molecule has 6 nitrogen and oxygen atoms in total. The Bertz CT molecular complexity index is 1410. The minimum atomic E-state index is -0.404. The van der Waals surface area contributed by atoms with Crippen LogP contribution < -0.4 is 10.5 Å². The standard InChI is InChI=1S/C30H31FN4O2/c1-21-6-8-23(9-7-21)29(34-17-15-33(16-18-34)26-12-10-24(31)11-13-26)28-27(36)19-22(2)35(30(28)37)20-25-5-3-4-14-32-25/h3-14,19,29,36H,15-18,20H2,1-2H3. The quantitative estimate of drug-likeness (QED) is 0.419. The Hall–Kier alpha value is -3.97. The van der Waals surface area contributed by atoms with Crippen LogP contribution in [-0.4, -0.2) is 45.7 Å². The van der Waals surface area contributed by atoms with E-state index in [-0.39, 0.29) is 17.1 Å². The number of aryl methyl sites for hydroxylation is 2. The fourth-order valence-corrected chi connectivity index (χ4v) is 5.07. The largest absolute Gasteiger partial charge is 0.507 e. The average molecular weight is 499 g/mol. The second kappa shape index (κ2) is 10.6. The predicted octanol–water partition coefficient (Wildman–Crippen LogP) is 4.66. The molecule has 7 heteroatoms. The predicted molar refractivity (Wildman–Crippen MR) is 144 cm³/mol. The van der Waals surface area contributed by atoms with Crippen LogP contribution in [0, 0.1) is 19.7 Å². The molecular weight excluding hydrogens is 467 g/mol. The third-order valence-electron chi connectivity index (χ3n) is 7.11. The number of hydrogen-bond acceptors (Lipinski definition) is 5. The molecule has 1 aliphatic heterocycles. The van der Waals surface area contributed by atoms with Gasteiger partial charge in [0.15, 0.2) is 0 Å². The van der Waals surface area contributed by atoms with Crippen molar-refractivity contribution in [2.24, 2.45) is 0 Å². The number of rotatable bonds is 6. The van der Waals surface area contributed by atoms with Crippen LogP contribution in [0.1, 0.15) is 34.1 Å². The van der Waals surface area contributed by atoms with Gasteiger partial charge in [-0.2, -0.15) is 0 Å². The summed E-state index contributed by atoms with van der Waals surface area (Å²) in [6, 6.07) is 21.6. The summed E-state index contributed by atoms with van der Waals surface area (Å²) in [5.41, 5.74) is 4.69. The normalized spacial score (nSPS) is 15.1. The molecule has 1 aliphatic rings. The number of benzene rings is 2. The first-order chi connectivity index (χ1) is 17.9. The van der Waals surface area contributed by atoms with Crippen LogP contribution in [0.15, 0.2) is 83.8 Å². The molecular formula is C30H31FN4O2. The number of anilines is 1. The van der Waals surface area contributed by atoms with E-state index in [1.165, 1.54) is 12.1 Å². The van der Waals surface area contributed by atoms with Gasteiger partial charge in [-0.25, -0.2) is 4.39 Å². The van der Waals surface area contributed by atoms with Gasteiger partial charge in [-0.05, 0) is 61.9 Å². The summed E-state index contributed by atoms with van der Waals surface area (Å²) in [5, 5.41) is 11.1. The van der Waals surface area contributed by atoms with Crippen molar-refractivity contribution in [1.82, 2.24) is 14.5 Å². The van der Waals surface area contributed by atoms with E-state index in [1.54, 1.807) is 29.0 Å². The van der Waals surface area contributed by atoms with E-state index in [2.05, 4.69) is 14.8 Å². The average Bonchev–Trinajstić information content (AvgIpc) is 2.91. The third kappa shape index (κ3) is 5.27. The number of hydrogen-bond donors (Lipinski definition) is 1. The van der Waals surface area contributed by atoms with Crippen LogP contribution >= 0.6 is 0 Å². The highest BCUT2D eigenvalue weighted by molar-refractivity contribution is 5.47. The molecule has 4 aromatic rings. The number of nitrogens with zero attached hydrogens (tertiary/aromatic N) is 4. The SMILES string of the molecule is Cc1ccc(C(c2c(O)cc(C)n(Cc3ccccn3)c2=O)N2CCN(c3ccc(F)cc3)CC2)cc1. The molecule has 0 aliphatic carbocycles. The number of pyridine rings is 2. The zero-order valence-electron chi connectivity index (χ0n) is 21.1. The second-order valence-corrected chi connectivity index (χ2v) is 9.61. The lowest BCUT2D eigenvalue weighted by Crippen LogP contribution is -2.49. The molecule has 0 amide bonds. The maximum Gasteiger partial charge on any atom is 0.260 e. The lowest BCUT2D eigenvalue weighted by Gasteiger charge is -2.40. The molecule has 1 fully saturated rings. The Labute approximate surface area is 216 Å². The van der Waals surface area contributed by atoms with Crippen LogP contribution in [0.2, 0.25) is 0 Å². The van der Waals surface area contributed by atoms with E-state index in [0.717, 1.165) is 35.6 Å². The van der Waals surface area contributed by atoms with Gasteiger partial charge >= 0.3 is 0 Å². The van der Waals surface area contributed by atoms with Gasteiger partial charge in [0.05, 0.1) is 23.8 Å². The minimum Gasteiger partial charge on any atom is -0.507 e. The molecule has 1 unspecified atom stereocenters. The molecule has 190 valence electrons. The fourth-order valence-electron chi connectivity index (χ4n) is 5.07. The van der Waals surface area contributed by atoms with Gasteiger partial charge in [-0.15, -0.1) is 0 Å². The lowest BCUT2D eigenvalue weighted by molar-refractivity contribution is 0.207. The first-order valence-electron chi connectivity index (χ1n) is 12.5. The summed E-state index contributed by atoms with van der Waals surface area (Å²) in [6.07, 6.45) is 1.72. The number of aromatic hydroxyl groups is 1. The Morgan fingerprint density at radius 2 is 1.65 bits per heavy atom. The van der Waals surface area contributed by atoms with Gasteiger partial charge in [-0.3, -0.25) is 14.7 Å². The van der Waals surface area contributed by atoms with Gasteiger partial charge in [0.1, 0.15) is 11.6 Å². The molecule has 1 saturated heterocycles. The molecule has 37 heavy (non-hydrogen) atoms. The highest BCUT2D eigenvalue weighted by atomic mass is 19.1. The molecule has 1 N–H and O–H groups in total. The molecule has 3 heterocycles. The molecule has 0 saturated carbocycles. The minimum absolute atomic E-state index is 0.00584. The summed E-state index contributed by atoms with van der Waals surface area (Å²) < 4.78 is 15.1. The molecule has 0 radical (unpaired) electrons. The van der Waals surface area contributed by atoms with Crippen LogP contribution in [0.5, 0.6) is 5.75 Å². The van der Waals surface area contributed by atoms with Crippen LogP contribution in [0.3, 0.4) is 0 Å². The monoisotopic (exact) mass is 498 g/mol. The molecule has 0 spiro atoms. The Morgan fingerprint density at radius 3 is 2.30 bits per heavy atom. The van der Waals surface area contributed by atoms with Gasteiger partial charge in [-0.1, -0.05) is 35.9 Å².